The van der Waals surface area contributed by atoms with E-state index >= 15 is 0 Å². The predicted molar refractivity (Wildman–Crippen MR) is 107 cm³/mol. The van der Waals surface area contributed by atoms with Crippen molar-refractivity contribution in [3.63, 3.8) is 0 Å². The Morgan fingerprint density at radius 3 is 2.46 bits per heavy atom. The molecule has 0 radical (unpaired) electrons. The maximum atomic E-state index is 13.3. The predicted octanol–water partition coefficient (Wildman–Crippen LogP) is 4.97. The highest BCUT2D eigenvalue weighted by atomic mass is 19.1. The van der Waals surface area contributed by atoms with Crippen LogP contribution in [0, 0.1) is 5.82 Å². The van der Waals surface area contributed by atoms with Gasteiger partial charge in [-0.25, -0.2) is 9.18 Å². The Hall–Kier alpha value is -3.08. The van der Waals surface area contributed by atoms with Gasteiger partial charge < -0.3 is 9.64 Å². The van der Waals surface area contributed by atoms with Crippen molar-refractivity contribution in [2.75, 3.05) is 7.05 Å². The van der Waals surface area contributed by atoms with Gasteiger partial charge in [-0.05, 0) is 54.8 Å². The average molecular weight is 378 g/mol. The van der Waals surface area contributed by atoms with E-state index in [1.807, 2.05) is 50.4 Å². The van der Waals surface area contributed by atoms with E-state index in [9.17, 15) is 9.18 Å². The molecule has 4 rings (SSSR count). The first-order valence-electron chi connectivity index (χ1n) is 9.38. The summed E-state index contributed by atoms with van der Waals surface area (Å²) < 4.78 is 19.5. The quantitative estimate of drug-likeness (QED) is 0.707. The molecule has 0 spiro atoms. The molecule has 0 saturated carbocycles. The van der Waals surface area contributed by atoms with E-state index in [0.717, 1.165) is 16.7 Å². The summed E-state index contributed by atoms with van der Waals surface area (Å²) >= 11 is 0. The average Bonchev–Trinajstić information content (AvgIpc) is 2.94. The molecule has 2 aromatic carbocycles. The number of ether oxygens (including phenoxy) is 1. The first kappa shape index (κ1) is 18.3. The summed E-state index contributed by atoms with van der Waals surface area (Å²) in [5.41, 5.74) is 2.66. The zero-order valence-electron chi connectivity index (χ0n) is 16.0. The molecular weight excluding hydrogens is 355 g/mol. The number of hydrogen-bond donors (Lipinski definition) is 0. The van der Waals surface area contributed by atoms with Crippen LogP contribution in [-0.4, -0.2) is 35.1 Å². The van der Waals surface area contributed by atoms with Crippen LogP contribution in [0.3, 0.4) is 0 Å². The number of hydrogen-bond acceptors (Lipinski definition) is 2. The van der Waals surface area contributed by atoms with E-state index in [0.29, 0.717) is 12.2 Å². The highest BCUT2D eigenvalue weighted by Crippen LogP contribution is 2.41. The van der Waals surface area contributed by atoms with Crippen LogP contribution < -0.4 is 0 Å². The molecule has 0 unspecified atom stereocenters. The fourth-order valence-corrected chi connectivity index (χ4v) is 3.88. The van der Waals surface area contributed by atoms with Gasteiger partial charge in [-0.15, -0.1) is 0 Å². The summed E-state index contributed by atoms with van der Waals surface area (Å²) in [6.45, 7) is 6.19. The SMILES string of the molecule is C=C1CC=C(c2ccc(F)cc2)O[C@@H]1N1C(=O)N(C)[C@@H](C)[C@H]1c1ccccc1. The van der Waals surface area contributed by atoms with E-state index < -0.39 is 6.23 Å². The third-order valence-electron chi connectivity index (χ3n) is 5.55. The summed E-state index contributed by atoms with van der Waals surface area (Å²) in [4.78, 5) is 16.6. The fourth-order valence-electron chi connectivity index (χ4n) is 3.88. The molecule has 2 aromatic rings. The molecule has 4 nitrogen and oxygen atoms in total. The van der Waals surface area contributed by atoms with E-state index in [4.69, 9.17) is 4.74 Å². The second kappa shape index (κ2) is 7.15. The first-order chi connectivity index (χ1) is 13.5. The van der Waals surface area contributed by atoms with Crippen LogP contribution in [0.1, 0.15) is 30.5 Å². The summed E-state index contributed by atoms with van der Waals surface area (Å²) in [6.07, 6.45) is 1.95. The van der Waals surface area contributed by atoms with Crippen LogP contribution in [0.25, 0.3) is 5.76 Å². The number of allylic oxidation sites excluding steroid dienone is 1. The molecule has 1 fully saturated rings. The minimum Gasteiger partial charge on any atom is -0.466 e. The van der Waals surface area contributed by atoms with Crippen LogP contribution in [0.15, 0.2) is 72.8 Å². The second-order valence-corrected chi connectivity index (χ2v) is 7.30. The van der Waals surface area contributed by atoms with Crippen molar-refractivity contribution in [2.24, 2.45) is 0 Å². The van der Waals surface area contributed by atoms with Crippen molar-refractivity contribution in [3.8, 4) is 0 Å². The van der Waals surface area contributed by atoms with Crippen molar-refractivity contribution >= 4 is 11.8 Å². The molecule has 2 heterocycles. The highest BCUT2D eigenvalue weighted by molar-refractivity contribution is 5.79. The number of halogens is 1. The molecule has 1 saturated heterocycles. The van der Waals surface area contributed by atoms with Gasteiger partial charge in [0.05, 0.1) is 12.1 Å². The number of carbonyl (C=O) groups is 1. The van der Waals surface area contributed by atoms with Crippen LogP contribution >= 0.6 is 0 Å². The monoisotopic (exact) mass is 378 g/mol. The molecule has 0 aliphatic carbocycles. The van der Waals surface area contributed by atoms with E-state index in [2.05, 4.69) is 6.58 Å². The van der Waals surface area contributed by atoms with Gasteiger partial charge in [-0.2, -0.15) is 0 Å². The minimum absolute atomic E-state index is 0.00789. The number of carbonyl (C=O) groups excluding carboxylic acids is 1. The van der Waals surface area contributed by atoms with Gasteiger partial charge in [0.1, 0.15) is 11.6 Å². The van der Waals surface area contributed by atoms with E-state index in [1.54, 1.807) is 21.9 Å². The van der Waals surface area contributed by atoms with Gasteiger partial charge in [0.15, 0.2) is 6.23 Å². The van der Waals surface area contributed by atoms with Gasteiger partial charge in [0.2, 0.25) is 0 Å². The number of nitrogens with zero attached hydrogens (tertiary/aromatic N) is 2. The standard InChI is InChI=1S/C23H23FN2O2/c1-15-9-14-20(17-10-12-19(24)13-11-17)28-22(15)26-21(16(2)25(3)23(26)27)18-7-5-4-6-8-18/h4-8,10-14,16,21-22H,1,9H2,2-3H3/t16-,21-,22-/m0/s1. The Morgan fingerprint density at radius 1 is 1.11 bits per heavy atom. The van der Waals surface area contributed by atoms with Crippen molar-refractivity contribution in [2.45, 2.75) is 31.7 Å². The lowest BCUT2D eigenvalue weighted by molar-refractivity contribution is 0.0383. The zero-order chi connectivity index (χ0) is 19.8. The Kier molecular flexibility index (Phi) is 4.67. The topological polar surface area (TPSA) is 32.8 Å². The Morgan fingerprint density at radius 2 is 1.79 bits per heavy atom. The molecule has 3 atom stereocenters. The van der Waals surface area contributed by atoms with Crippen LogP contribution in [0.5, 0.6) is 0 Å². The van der Waals surface area contributed by atoms with Crippen molar-refractivity contribution in [1.82, 2.24) is 9.80 Å². The van der Waals surface area contributed by atoms with Gasteiger partial charge in [-0.3, -0.25) is 4.90 Å². The number of likely N-dealkylation sites (N-methyl/N-ethyl adjacent to an activating group) is 1. The third-order valence-corrected chi connectivity index (χ3v) is 5.55. The maximum absolute atomic E-state index is 13.3. The van der Waals surface area contributed by atoms with Crippen molar-refractivity contribution in [1.29, 1.82) is 0 Å². The van der Waals surface area contributed by atoms with Crippen LogP contribution in [0.2, 0.25) is 0 Å². The zero-order valence-corrected chi connectivity index (χ0v) is 16.0. The summed E-state index contributed by atoms with van der Waals surface area (Å²) in [6, 6.07) is 15.9. The fraction of sp³-hybridized carbons (Fsp3) is 0.261. The Labute approximate surface area is 164 Å². The second-order valence-electron chi connectivity index (χ2n) is 7.30. The molecule has 0 N–H and O–H groups in total. The molecule has 2 amide bonds. The van der Waals surface area contributed by atoms with Gasteiger partial charge in [0.25, 0.3) is 0 Å². The van der Waals surface area contributed by atoms with Crippen molar-refractivity contribution < 1.29 is 13.9 Å². The molecule has 0 aromatic heterocycles. The van der Waals surface area contributed by atoms with Gasteiger partial charge >= 0.3 is 6.03 Å². The minimum atomic E-state index is -0.574. The largest absolute Gasteiger partial charge is 0.466 e. The maximum Gasteiger partial charge on any atom is 0.323 e. The normalized spacial score (nSPS) is 25.0. The van der Waals surface area contributed by atoms with Crippen molar-refractivity contribution in [3.05, 3.63) is 89.8 Å². The first-order valence-corrected chi connectivity index (χ1v) is 9.38. The smallest absolute Gasteiger partial charge is 0.323 e. The summed E-state index contributed by atoms with van der Waals surface area (Å²) in [7, 11) is 1.81. The molecule has 2 aliphatic heterocycles. The van der Waals surface area contributed by atoms with Gasteiger partial charge in [-0.1, -0.05) is 36.9 Å². The van der Waals surface area contributed by atoms with Crippen LogP contribution in [0.4, 0.5) is 9.18 Å². The lowest BCUT2D eigenvalue weighted by atomic mass is 9.98. The van der Waals surface area contributed by atoms with E-state index in [-0.39, 0.29) is 23.9 Å². The summed E-state index contributed by atoms with van der Waals surface area (Å²) in [5.74, 6) is 0.342. The molecule has 144 valence electrons. The lowest BCUT2D eigenvalue weighted by Crippen LogP contribution is -2.43. The number of urea groups is 1. The van der Waals surface area contributed by atoms with Gasteiger partial charge in [0, 0.05) is 12.6 Å². The molecule has 0 bridgehead atoms. The van der Waals surface area contributed by atoms with E-state index in [1.165, 1.54) is 12.1 Å². The Balaban J connectivity index is 1.69. The molecular formula is C23H23FN2O2. The lowest BCUT2D eigenvalue weighted by Gasteiger charge is -2.37. The molecule has 28 heavy (non-hydrogen) atoms. The molecule has 2 aliphatic rings. The third kappa shape index (κ3) is 3.07. The number of rotatable bonds is 3. The Bertz CT molecular complexity index is 923. The molecule has 5 heteroatoms. The number of benzene rings is 2. The number of amides is 2. The highest BCUT2D eigenvalue weighted by Gasteiger charge is 2.47. The summed E-state index contributed by atoms with van der Waals surface area (Å²) in [5, 5.41) is 0. The van der Waals surface area contributed by atoms with Crippen LogP contribution in [-0.2, 0) is 4.74 Å².